The maximum Gasteiger partial charge on any atom is 0.122 e. The molecule has 0 saturated carbocycles. The molecule has 2 rings (SSSR count). The van der Waals surface area contributed by atoms with E-state index in [9.17, 15) is 0 Å². The van der Waals surface area contributed by atoms with Gasteiger partial charge in [-0.3, -0.25) is 0 Å². The highest BCUT2D eigenvalue weighted by Crippen LogP contribution is 2.30. The first-order valence-corrected chi connectivity index (χ1v) is 7.58. The van der Waals surface area contributed by atoms with Crippen molar-refractivity contribution in [1.29, 1.82) is 0 Å². The number of rotatable bonds is 5. The number of halogens is 1. The van der Waals surface area contributed by atoms with Gasteiger partial charge in [-0.1, -0.05) is 29.9 Å². The van der Waals surface area contributed by atoms with Crippen molar-refractivity contribution in [2.75, 3.05) is 7.11 Å². The van der Waals surface area contributed by atoms with Gasteiger partial charge >= 0.3 is 0 Å². The number of nitrogens with two attached hydrogens (primary N) is 1. The second-order valence-corrected chi connectivity index (χ2v) is 6.17. The summed E-state index contributed by atoms with van der Waals surface area (Å²) in [6.07, 6.45) is 0.646. The van der Waals surface area contributed by atoms with Crippen LogP contribution in [0.25, 0.3) is 0 Å². The van der Waals surface area contributed by atoms with Crippen LogP contribution >= 0.6 is 23.1 Å². The Morgan fingerprint density at radius 1 is 1.40 bits per heavy atom. The van der Waals surface area contributed by atoms with Crippen molar-refractivity contribution in [2.24, 2.45) is 5.73 Å². The summed E-state index contributed by atoms with van der Waals surface area (Å²) in [6, 6.07) is 5.41. The van der Waals surface area contributed by atoms with E-state index in [1.54, 1.807) is 7.11 Å². The maximum absolute atomic E-state index is 6.32. The normalized spacial score (nSPS) is 12.7. The van der Waals surface area contributed by atoms with E-state index in [2.05, 4.69) is 23.4 Å². The molecule has 0 aliphatic rings. The molecule has 2 N–H and O–H groups in total. The van der Waals surface area contributed by atoms with Crippen molar-refractivity contribution in [3.05, 3.63) is 39.4 Å². The summed E-state index contributed by atoms with van der Waals surface area (Å²) >= 11 is 7.41. The van der Waals surface area contributed by atoms with Gasteiger partial charge in [0.05, 0.1) is 17.7 Å². The number of nitrogens with zero attached hydrogens (tertiary/aromatic N) is 2. The average molecular weight is 312 g/mol. The quantitative estimate of drug-likeness (QED) is 0.917. The summed E-state index contributed by atoms with van der Waals surface area (Å²) in [5.41, 5.74) is 8.29. The van der Waals surface area contributed by atoms with Gasteiger partial charge in [0.1, 0.15) is 5.75 Å². The molecule has 108 valence electrons. The Morgan fingerprint density at radius 3 is 2.80 bits per heavy atom. The van der Waals surface area contributed by atoms with Gasteiger partial charge in [0.15, 0.2) is 0 Å². The van der Waals surface area contributed by atoms with E-state index in [4.69, 9.17) is 22.1 Å². The van der Waals surface area contributed by atoms with Crippen LogP contribution in [-0.4, -0.2) is 16.7 Å². The van der Waals surface area contributed by atoms with Crippen LogP contribution in [0.15, 0.2) is 18.2 Å². The molecular weight excluding hydrogens is 294 g/mol. The van der Waals surface area contributed by atoms with Crippen LogP contribution in [0.4, 0.5) is 0 Å². The Morgan fingerprint density at radius 2 is 2.15 bits per heavy atom. The van der Waals surface area contributed by atoms with Gasteiger partial charge in [0, 0.05) is 11.1 Å². The zero-order valence-electron chi connectivity index (χ0n) is 11.8. The lowest BCUT2D eigenvalue weighted by molar-refractivity contribution is 0.408. The molecule has 1 aromatic carbocycles. The number of aromatic nitrogens is 2. The number of methoxy groups -OCH3 is 1. The molecule has 0 aliphatic carbocycles. The Balaban J connectivity index is 2.25. The van der Waals surface area contributed by atoms with Gasteiger partial charge < -0.3 is 10.5 Å². The number of benzene rings is 1. The van der Waals surface area contributed by atoms with Crippen LogP contribution in [0.1, 0.15) is 41.9 Å². The molecule has 0 aliphatic heterocycles. The molecule has 0 amide bonds. The fraction of sp³-hybridized carbons (Fsp3) is 0.429. The smallest absolute Gasteiger partial charge is 0.122 e. The zero-order chi connectivity index (χ0) is 14.7. The molecule has 2 aromatic rings. The number of hydrogen-bond acceptors (Lipinski definition) is 5. The van der Waals surface area contributed by atoms with Crippen molar-refractivity contribution in [3.63, 3.8) is 0 Å². The topological polar surface area (TPSA) is 61.0 Å². The van der Waals surface area contributed by atoms with E-state index >= 15 is 0 Å². The zero-order valence-corrected chi connectivity index (χ0v) is 13.3. The average Bonchev–Trinajstić information content (AvgIpc) is 2.88. The van der Waals surface area contributed by atoms with Gasteiger partial charge in [0.2, 0.25) is 0 Å². The van der Waals surface area contributed by atoms with Crippen molar-refractivity contribution < 1.29 is 4.74 Å². The van der Waals surface area contributed by atoms with E-state index in [-0.39, 0.29) is 6.04 Å². The maximum atomic E-state index is 6.32. The Hall–Kier alpha value is -1.17. The minimum absolute atomic E-state index is 0.153. The minimum atomic E-state index is -0.153. The van der Waals surface area contributed by atoms with E-state index in [1.165, 1.54) is 11.5 Å². The Kier molecular flexibility index (Phi) is 4.96. The molecular formula is C14H18ClN3OS. The van der Waals surface area contributed by atoms with E-state index < -0.39 is 0 Å². The van der Waals surface area contributed by atoms with Gasteiger partial charge in [-0.15, -0.1) is 5.10 Å². The first-order valence-electron chi connectivity index (χ1n) is 6.43. The third kappa shape index (κ3) is 3.29. The fourth-order valence-electron chi connectivity index (χ4n) is 2.10. The lowest BCUT2D eigenvalue weighted by atomic mass is 10.0. The number of hydrogen-bond donors (Lipinski definition) is 1. The molecule has 1 heterocycles. The molecule has 0 saturated heterocycles. The molecule has 20 heavy (non-hydrogen) atoms. The van der Waals surface area contributed by atoms with Crippen LogP contribution in [0.3, 0.4) is 0 Å². The van der Waals surface area contributed by atoms with Crippen LogP contribution in [0.2, 0.25) is 5.02 Å². The summed E-state index contributed by atoms with van der Waals surface area (Å²) in [6.45, 7) is 4.18. The highest BCUT2D eigenvalue weighted by atomic mass is 35.5. The molecule has 6 heteroatoms. The largest absolute Gasteiger partial charge is 0.496 e. The van der Waals surface area contributed by atoms with Gasteiger partial charge in [-0.25, -0.2) is 0 Å². The van der Waals surface area contributed by atoms with Crippen molar-refractivity contribution in [1.82, 2.24) is 9.59 Å². The molecule has 1 atom stereocenters. The predicted octanol–water partition coefficient (Wildman–Crippen LogP) is 3.57. The molecule has 0 spiro atoms. The lowest BCUT2D eigenvalue weighted by Crippen LogP contribution is -2.15. The third-order valence-electron chi connectivity index (χ3n) is 3.11. The fourth-order valence-corrected chi connectivity index (χ4v) is 3.10. The molecule has 1 unspecified atom stereocenters. The van der Waals surface area contributed by atoms with Crippen LogP contribution in [-0.2, 0) is 6.42 Å². The first-order chi connectivity index (χ1) is 9.52. The van der Waals surface area contributed by atoms with E-state index in [1.807, 2.05) is 18.2 Å². The van der Waals surface area contributed by atoms with Gasteiger partial charge in [-0.05, 0) is 47.6 Å². The van der Waals surface area contributed by atoms with E-state index in [0.717, 1.165) is 21.9 Å². The molecule has 0 bridgehead atoms. The number of ether oxygens (including phenoxy) is 1. The van der Waals surface area contributed by atoms with Crippen molar-refractivity contribution in [2.45, 2.75) is 32.2 Å². The second-order valence-electron chi connectivity index (χ2n) is 4.94. The summed E-state index contributed by atoms with van der Waals surface area (Å²) in [5, 5.41) is 4.85. The van der Waals surface area contributed by atoms with Crippen LogP contribution in [0.5, 0.6) is 5.75 Å². The summed E-state index contributed by atoms with van der Waals surface area (Å²) in [5.74, 6) is 1.12. The Bertz CT molecular complexity index is 586. The highest BCUT2D eigenvalue weighted by molar-refractivity contribution is 7.05. The van der Waals surface area contributed by atoms with E-state index in [0.29, 0.717) is 17.4 Å². The predicted molar refractivity (Wildman–Crippen MR) is 82.6 cm³/mol. The molecule has 0 fully saturated rings. The first kappa shape index (κ1) is 15.2. The van der Waals surface area contributed by atoms with Crippen molar-refractivity contribution in [3.8, 4) is 5.75 Å². The minimum Gasteiger partial charge on any atom is -0.496 e. The SMILES string of the molecule is COc1ccc(Cl)cc1CC(N)c1snnc1C(C)C. The highest BCUT2D eigenvalue weighted by Gasteiger charge is 2.19. The van der Waals surface area contributed by atoms with Crippen LogP contribution in [0, 0.1) is 0 Å². The summed E-state index contributed by atoms with van der Waals surface area (Å²) < 4.78 is 9.37. The Labute approximate surface area is 128 Å². The summed E-state index contributed by atoms with van der Waals surface area (Å²) in [7, 11) is 1.64. The third-order valence-corrected chi connectivity index (χ3v) is 4.21. The van der Waals surface area contributed by atoms with Crippen LogP contribution < -0.4 is 10.5 Å². The monoisotopic (exact) mass is 311 g/mol. The van der Waals surface area contributed by atoms with Crippen molar-refractivity contribution >= 4 is 23.1 Å². The molecule has 4 nitrogen and oxygen atoms in total. The molecule has 0 radical (unpaired) electrons. The summed E-state index contributed by atoms with van der Waals surface area (Å²) in [4.78, 5) is 1.03. The van der Waals surface area contributed by atoms with Gasteiger partial charge in [-0.2, -0.15) is 0 Å². The standard InChI is InChI=1S/C14H18ClN3OS/c1-8(2)13-14(20-18-17-13)11(16)7-9-6-10(15)4-5-12(9)19-3/h4-6,8,11H,7,16H2,1-3H3. The molecule has 1 aromatic heterocycles. The second kappa shape index (κ2) is 6.52. The van der Waals surface area contributed by atoms with Gasteiger partial charge in [0.25, 0.3) is 0 Å². The lowest BCUT2D eigenvalue weighted by Gasteiger charge is -2.15.